The van der Waals surface area contributed by atoms with E-state index in [9.17, 15) is 9.18 Å². The van der Waals surface area contributed by atoms with Gasteiger partial charge in [0.2, 0.25) is 0 Å². The fourth-order valence-electron chi connectivity index (χ4n) is 2.65. The van der Waals surface area contributed by atoms with Crippen LogP contribution in [0.2, 0.25) is 10.0 Å². The van der Waals surface area contributed by atoms with Crippen LogP contribution in [0.3, 0.4) is 0 Å². The van der Waals surface area contributed by atoms with Crippen LogP contribution in [0.15, 0.2) is 42.5 Å². The molecule has 5 nitrogen and oxygen atoms in total. The Morgan fingerprint density at radius 1 is 1.24 bits per heavy atom. The summed E-state index contributed by atoms with van der Waals surface area (Å²) in [7, 11) is 0. The van der Waals surface area contributed by atoms with Gasteiger partial charge in [0.15, 0.2) is 5.60 Å². The minimum atomic E-state index is -1.46. The van der Waals surface area contributed by atoms with Crippen LogP contribution < -0.4 is 16.2 Å². The molecule has 3 rings (SSSR count). The van der Waals surface area contributed by atoms with Gasteiger partial charge in [-0.3, -0.25) is 10.7 Å². The fraction of sp³-hybridized carbons (Fsp3) is 0.188. The third kappa shape index (κ3) is 3.77. The Bertz CT molecular complexity index is 773. The van der Waals surface area contributed by atoms with E-state index in [0.717, 1.165) is 0 Å². The highest BCUT2D eigenvalue weighted by atomic mass is 35.5. The second-order valence-electron chi connectivity index (χ2n) is 5.43. The summed E-state index contributed by atoms with van der Waals surface area (Å²) in [5.74, 6) is 5.38. The molecule has 2 aromatic rings. The molecule has 0 bridgehead atoms. The van der Waals surface area contributed by atoms with Gasteiger partial charge in [-0.25, -0.2) is 9.18 Å². The highest BCUT2D eigenvalue weighted by Gasteiger charge is 2.47. The average molecular weight is 407 g/mol. The lowest BCUT2D eigenvalue weighted by Crippen LogP contribution is -2.34. The van der Waals surface area contributed by atoms with Gasteiger partial charge in [-0.1, -0.05) is 29.3 Å². The van der Waals surface area contributed by atoms with Crippen LogP contribution in [-0.4, -0.2) is 19.3 Å². The van der Waals surface area contributed by atoms with Crippen LogP contribution >= 0.6 is 35.6 Å². The molecule has 1 aliphatic rings. The Morgan fingerprint density at radius 3 is 2.52 bits per heavy atom. The molecule has 0 spiro atoms. The summed E-state index contributed by atoms with van der Waals surface area (Å²) in [6, 6.07) is 11.5. The van der Waals surface area contributed by atoms with E-state index >= 15 is 0 Å². The molecule has 0 aliphatic carbocycles. The summed E-state index contributed by atoms with van der Waals surface area (Å²) in [4.78, 5) is 13.7. The standard InChI is InChI=1S/C16H14Cl2FN3O2.ClH/c17-11-4-10(5-12(18)6-11)16(8-19)9-22(15(23)24-16)14-3-1-2-13(7-14)21-20;/h1-7,21H,8-9,20H2;1H. The molecule has 1 heterocycles. The zero-order valence-corrected chi connectivity index (χ0v) is 15.2. The smallest absolute Gasteiger partial charge is 0.415 e. The summed E-state index contributed by atoms with van der Waals surface area (Å²) in [6.07, 6.45) is -0.655. The number of hydrogen-bond donors (Lipinski definition) is 2. The number of nitrogens with two attached hydrogens (primary N) is 1. The predicted octanol–water partition coefficient (Wildman–Crippen LogP) is 4.52. The second kappa shape index (κ2) is 7.66. The number of benzene rings is 2. The first-order valence-electron chi connectivity index (χ1n) is 7.07. The summed E-state index contributed by atoms with van der Waals surface area (Å²) in [5.41, 5.74) is 2.60. The number of nitrogens with one attached hydrogen (secondary N) is 1. The van der Waals surface area contributed by atoms with Crippen molar-refractivity contribution in [2.45, 2.75) is 5.60 Å². The van der Waals surface area contributed by atoms with E-state index in [2.05, 4.69) is 5.43 Å². The van der Waals surface area contributed by atoms with Crippen molar-refractivity contribution >= 4 is 53.1 Å². The zero-order chi connectivity index (χ0) is 17.3. The molecule has 1 aliphatic heterocycles. The number of carbonyl (C=O) groups excluding carboxylic acids is 1. The molecule has 0 saturated carbocycles. The van der Waals surface area contributed by atoms with Crippen LogP contribution in [0.4, 0.5) is 20.6 Å². The number of carbonyl (C=O) groups is 1. The molecular weight excluding hydrogens is 392 g/mol. The van der Waals surface area contributed by atoms with Crippen molar-refractivity contribution in [1.29, 1.82) is 0 Å². The first kappa shape index (κ1) is 19.6. The first-order chi connectivity index (χ1) is 11.5. The average Bonchev–Trinajstić information content (AvgIpc) is 2.92. The Labute approximate surface area is 160 Å². The molecule has 9 heteroatoms. The first-order valence-corrected chi connectivity index (χ1v) is 7.83. The maximum atomic E-state index is 13.9. The van der Waals surface area contributed by atoms with Crippen molar-refractivity contribution in [1.82, 2.24) is 0 Å². The largest absolute Gasteiger partial charge is 0.433 e. The number of ether oxygens (including phenoxy) is 1. The van der Waals surface area contributed by atoms with E-state index in [1.807, 2.05) is 0 Å². The summed E-state index contributed by atoms with van der Waals surface area (Å²) in [5, 5.41) is 0.684. The molecule has 25 heavy (non-hydrogen) atoms. The van der Waals surface area contributed by atoms with Crippen molar-refractivity contribution < 1.29 is 13.9 Å². The second-order valence-corrected chi connectivity index (χ2v) is 6.31. The van der Waals surface area contributed by atoms with Crippen molar-refractivity contribution in [2.75, 3.05) is 23.5 Å². The number of amides is 1. The van der Waals surface area contributed by atoms with Crippen molar-refractivity contribution in [3.63, 3.8) is 0 Å². The van der Waals surface area contributed by atoms with E-state index in [-0.39, 0.29) is 19.0 Å². The Morgan fingerprint density at radius 2 is 1.92 bits per heavy atom. The van der Waals surface area contributed by atoms with Crippen LogP contribution in [0.25, 0.3) is 0 Å². The number of nitrogen functional groups attached to an aromatic ring is 1. The third-order valence-electron chi connectivity index (χ3n) is 3.85. The van der Waals surface area contributed by atoms with Gasteiger partial charge >= 0.3 is 6.09 Å². The molecule has 1 unspecified atom stereocenters. The summed E-state index contributed by atoms with van der Waals surface area (Å²) < 4.78 is 19.3. The maximum absolute atomic E-state index is 13.9. The van der Waals surface area contributed by atoms with Crippen molar-refractivity contribution in [3.05, 3.63) is 58.1 Å². The Balaban J connectivity index is 0.00000225. The monoisotopic (exact) mass is 405 g/mol. The van der Waals surface area contributed by atoms with Gasteiger partial charge < -0.3 is 10.2 Å². The van der Waals surface area contributed by atoms with Gasteiger partial charge in [-0.15, -0.1) is 12.4 Å². The minimum Gasteiger partial charge on any atom is -0.433 e. The number of anilines is 2. The van der Waals surface area contributed by atoms with Gasteiger partial charge in [0.25, 0.3) is 0 Å². The van der Waals surface area contributed by atoms with Gasteiger partial charge in [0, 0.05) is 21.3 Å². The SMILES string of the molecule is Cl.NNc1cccc(N2CC(CF)(c3cc(Cl)cc(Cl)c3)OC2=O)c1. The summed E-state index contributed by atoms with van der Waals surface area (Å²) >= 11 is 12.0. The van der Waals surface area contributed by atoms with E-state index in [0.29, 0.717) is 27.0 Å². The molecule has 1 saturated heterocycles. The minimum absolute atomic E-state index is 0. The number of alkyl halides is 1. The number of cyclic esters (lactones) is 1. The fourth-order valence-corrected chi connectivity index (χ4v) is 3.17. The summed E-state index contributed by atoms with van der Waals surface area (Å²) in [6.45, 7) is -0.909. The maximum Gasteiger partial charge on any atom is 0.415 e. The van der Waals surface area contributed by atoms with Gasteiger partial charge in [0.1, 0.15) is 6.67 Å². The molecule has 2 aromatic carbocycles. The molecule has 0 aromatic heterocycles. The lowest BCUT2D eigenvalue weighted by atomic mass is 9.95. The highest BCUT2D eigenvalue weighted by Crippen LogP contribution is 2.38. The van der Waals surface area contributed by atoms with Crippen molar-refractivity contribution in [2.24, 2.45) is 5.84 Å². The molecule has 3 N–H and O–H groups in total. The zero-order valence-electron chi connectivity index (χ0n) is 12.8. The molecule has 134 valence electrons. The topological polar surface area (TPSA) is 67.6 Å². The molecule has 1 fully saturated rings. The normalized spacial score (nSPS) is 19.4. The number of hydrazine groups is 1. The van der Waals surface area contributed by atoms with Gasteiger partial charge in [-0.05, 0) is 36.4 Å². The third-order valence-corrected chi connectivity index (χ3v) is 4.28. The lowest BCUT2D eigenvalue weighted by molar-refractivity contribution is 0.0323. The Hall–Kier alpha value is -1.73. The number of hydrogen-bond acceptors (Lipinski definition) is 4. The van der Waals surface area contributed by atoms with E-state index in [1.165, 1.54) is 11.0 Å². The quantitative estimate of drug-likeness (QED) is 0.578. The lowest BCUT2D eigenvalue weighted by Gasteiger charge is -2.24. The van der Waals surface area contributed by atoms with Gasteiger partial charge in [-0.2, -0.15) is 0 Å². The van der Waals surface area contributed by atoms with Gasteiger partial charge in [0.05, 0.1) is 12.2 Å². The number of halogens is 4. The van der Waals surface area contributed by atoms with E-state index in [4.69, 9.17) is 33.8 Å². The molecule has 0 radical (unpaired) electrons. The molecular formula is C16H15Cl3FN3O2. The van der Waals surface area contributed by atoms with E-state index in [1.54, 1.807) is 36.4 Å². The predicted molar refractivity (Wildman–Crippen MR) is 99.4 cm³/mol. The molecule has 1 atom stereocenters. The van der Waals surface area contributed by atoms with Crippen LogP contribution in [-0.2, 0) is 10.3 Å². The van der Waals surface area contributed by atoms with Crippen molar-refractivity contribution in [3.8, 4) is 0 Å². The molecule has 1 amide bonds. The van der Waals surface area contributed by atoms with Crippen LogP contribution in [0.1, 0.15) is 5.56 Å². The number of nitrogens with zero attached hydrogens (tertiary/aromatic N) is 1. The highest BCUT2D eigenvalue weighted by molar-refractivity contribution is 6.34. The van der Waals surface area contributed by atoms with Crippen LogP contribution in [0, 0.1) is 0 Å². The van der Waals surface area contributed by atoms with E-state index < -0.39 is 18.4 Å². The van der Waals surface area contributed by atoms with Crippen LogP contribution in [0.5, 0.6) is 0 Å². The number of rotatable bonds is 4. The Kier molecular flexibility index (Phi) is 6.00.